The quantitative estimate of drug-likeness (QED) is 0.0895. The van der Waals surface area contributed by atoms with Gasteiger partial charge in [-0.25, -0.2) is 0 Å². The van der Waals surface area contributed by atoms with Gasteiger partial charge in [0.15, 0.2) is 0 Å². The number of hydrogen-bond acceptors (Lipinski definition) is 14. The highest BCUT2D eigenvalue weighted by Crippen LogP contribution is 2.35. The largest absolute Gasteiger partial charge is 0.493 e. The summed E-state index contributed by atoms with van der Waals surface area (Å²) in [6.07, 6.45) is 3.32. The molecule has 80 heavy (non-hydrogen) atoms. The van der Waals surface area contributed by atoms with E-state index in [9.17, 15) is 38.4 Å². The molecule has 6 heterocycles. The molecule has 3 aromatic rings. The Morgan fingerprint density at radius 1 is 0.487 bits per heavy atom. The average molecular weight is 1110 g/mol. The number of nitrogens with one attached hydrogen (secondary N) is 8. The lowest BCUT2D eigenvalue weighted by atomic mass is 9.90. The van der Waals surface area contributed by atoms with Crippen molar-refractivity contribution < 1.29 is 57.3 Å². The van der Waals surface area contributed by atoms with Gasteiger partial charge in [-0.3, -0.25) is 38.4 Å². The Kier molecular flexibility index (Phi) is 19.0. The monoisotopic (exact) mass is 1100 g/mol. The first kappa shape index (κ1) is 57.5. The number of carbonyl (C=O) groups excluding carboxylic acids is 8. The Morgan fingerprint density at radius 2 is 0.863 bits per heavy atom. The molecule has 430 valence electrons. The summed E-state index contributed by atoms with van der Waals surface area (Å²) in [6, 6.07) is 13.8. The van der Waals surface area contributed by atoms with Crippen LogP contribution >= 0.6 is 0 Å². The molecular formula is C58H76N10O12. The van der Waals surface area contributed by atoms with Crippen molar-refractivity contribution in [1.82, 2.24) is 52.3 Å². The minimum atomic E-state index is -0.991. The van der Waals surface area contributed by atoms with Crippen molar-refractivity contribution in [2.24, 2.45) is 11.8 Å². The number of nitrogens with zero attached hydrogens (tertiary/aromatic N) is 2. The van der Waals surface area contributed by atoms with Gasteiger partial charge in [0.25, 0.3) is 11.8 Å². The lowest BCUT2D eigenvalue weighted by Gasteiger charge is -2.35. The van der Waals surface area contributed by atoms with Gasteiger partial charge in [-0.15, -0.1) is 0 Å². The Hall–Kier alpha value is -7.14. The maximum atomic E-state index is 14.8. The molecule has 4 fully saturated rings. The zero-order valence-electron chi connectivity index (χ0n) is 46.0. The van der Waals surface area contributed by atoms with Crippen molar-refractivity contribution in [1.29, 1.82) is 0 Å². The second kappa shape index (κ2) is 26.4. The molecule has 0 bridgehead atoms. The van der Waals surface area contributed by atoms with Gasteiger partial charge in [0.2, 0.25) is 35.4 Å². The first-order valence-electron chi connectivity index (χ1n) is 28.2. The lowest BCUT2D eigenvalue weighted by molar-refractivity contribution is -0.144. The number of ether oxygens (including phenoxy) is 4. The van der Waals surface area contributed by atoms with Gasteiger partial charge in [-0.2, -0.15) is 0 Å². The van der Waals surface area contributed by atoms with Crippen LogP contribution in [0.1, 0.15) is 109 Å². The Balaban J connectivity index is 0.896. The van der Waals surface area contributed by atoms with Gasteiger partial charge in [0.05, 0.1) is 37.4 Å². The number of rotatable bonds is 18. The Labute approximate surface area is 466 Å². The van der Waals surface area contributed by atoms with Gasteiger partial charge >= 0.3 is 0 Å². The molecule has 0 unspecified atom stereocenters. The fourth-order valence-electron chi connectivity index (χ4n) is 11.7. The highest BCUT2D eigenvalue weighted by atomic mass is 16.5. The van der Waals surface area contributed by atoms with Crippen LogP contribution in [0.25, 0.3) is 0 Å². The van der Waals surface area contributed by atoms with E-state index in [0.29, 0.717) is 89.7 Å². The zero-order valence-corrected chi connectivity index (χ0v) is 46.0. The van der Waals surface area contributed by atoms with Crippen LogP contribution in [0.3, 0.4) is 0 Å². The fourth-order valence-corrected chi connectivity index (χ4v) is 11.7. The number of carbonyl (C=O) groups is 8. The molecule has 8 amide bonds. The van der Waals surface area contributed by atoms with Crippen molar-refractivity contribution in [3.63, 3.8) is 0 Å². The van der Waals surface area contributed by atoms with E-state index in [2.05, 4.69) is 42.5 Å². The Bertz CT molecular complexity index is 2550. The number of fused-ring (bicyclic) bond motifs is 2. The third-order valence-corrected chi connectivity index (χ3v) is 16.7. The molecule has 0 radical (unpaired) electrons. The summed E-state index contributed by atoms with van der Waals surface area (Å²) in [7, 11) is 3.31. The van der Waals surface area contributed by atoms with Gasteiger partial charge in [-0.1, -0.05) is 36.4 Å². The van der Waals surface area contributed by atoms with E-state index in [1.54, 1.807) is 27.9 Å². The summed E-state index contributed by atoms with van der Waals surface area (Å²) in [6.45, 7) is 5.82. The maximum Gasteiger partial charge on any atom is 0.251 e. The molecule has 0 saturated carbocycles. The number of likely N-dealkylation sites (N-methyl/N-ethyl adjacent to an activating group) is 2. The number of likely N-dealkylation sites (tertiary alicyclic amines) is 2. The van der Waals surface area contributed by atoms with E-state index < -0.39 is 83.8 Å². The number of benzene rings is 3. The van der Waals surface area contributed by atoms with Crippen LogP contribution in [-0.2, 0) is 38.2 Å². The van der Waals surface area contributed by atoms with Crippen molar-refractivity contribution in [2.45, 2.75) is 126 Å². The van der Waals surface area contributed by atoms with Gasteiger partial charge in [0.1, 0.15) is 35.7 Å². The summed E-state index contributed by atoms with van der Waals surface area (Å²) in [5.41, 5.74) is 2.08. The van der Waals surface area contributed by atoms with E-state index in [1.807, 2.05) is 48.5 Å². The third-order valence-electron chi connectivity index (χ3n) is 16.7. The van der Waals surface area contributed by atoms with Crippen molar-refractivity contribution in [3.8, 4) is 11.5 Å². The standard InChI is InChI=1S/C58H76N10O12/c1-33(59-3)51(69)65-49(35-17-23-77-24-18-35)57(75)67-31-39(29-45(67)55(73)63-43-21-27-79-47-11-7-5-9-41(43)47)61-53(71)37-13-15-38(16-14-37)54(72)62-40-30-46(56(74)64-44-22-28-80-48-12-8-6-10-42(44)48)68(32-40)58(76)50(36-19-25-78-26-20-36)66-52(70)34(2)60-4/h5-16,33-36,39-40,43-46,49-50,59-60H,17-32H2,1-4H3,(H,61,71)(H,62,72)(H,63,73)(H,64,74)(H,65,69)(H,66,70)/t33-,34-,39-,40-,43+,44+,45-,46-,49-,50-/m0/s1. The molecule has 4 saturated heterocycles. The summed E-state index contributed by atoms with van der Waals surface area (Å²) in [5, 5.41) is 24.2. The highest BCUT2D eigenvalue weighted by Gasteiger charge is 2.47. The predicted octanol–water partition coefficient (Wildman–Crippen LogP) is 1.40. The summed E-state index contributed by atoms with van der Waals surface area (Å²) < 4.78 is 22.9. The van der Waals surface area contributed by atoms with Crippen molar-refractivity contribution in [2.75, 3.05) is 66.8 Å². The summed E-state index contributed by atoms with van der Waals surface area (Å²) in [5.74, 6) is -2.53. The molecule has 6 aliphatic rings. The van der Waals surface area contributed by atoms with Gasteiger partial charge < -0.3 is 71.3 Å². The molecule has 6 aliphatic heterocycles. The second-order valence-corrected chi connectivity index (χ2v) is 21.8. The van der Waals surface area contributed by atoms with Crippen molar-refractivity contribution in [3.05, 3.63) is 95.1 Å². The smallest absolute Gasteiger partial charge is 0.251 e. The molecule has 0 aromatic heterocycles. The fraction of sp³-hybridized carbons (Fsp3) is 0.552. The molecular weight excluding hydrogens is 1030 g/mol. The topological polar surface area (TPSA) is 276 Å². The molecule has 0 spiro atoms. The van der Waals surface area contributed by atoms with E-state index >= 15 is 0 Å². The van der Waals surface area contributed by atoms with Crippen LogP contribution in [0.5, 0.6) is 11.5 Å². The van der Waals surface area contributed by atoms with Crippen LogP contribution in [0.15, 0.2) is 72.8 Å². The number of para-hydroxylation sites is 2. The third kappa shape index (κ3) is 13.4. The van der Waals surface area contributed by atoms with Gasteiger partial charge in [-0.05, 0) is 115 Å². The minimum Gasteiger partial charge on any atom is -0.493 e. The molecule has 3 aromatic carbocycles. The highest BCUT2D eigenvalue weighted by molar-refractivity contribution is 5.99. The van der Waals surface area contributed by atoms with Crippen LogP contribution in [-0.4, -0.2) is 172 Å². The molecule has 8 N–H and O–H groups in total. The Morgan fingerprint density at radius 3 is 1.24 bits per heavy atom. The lowest BCUT2D eigenvalue weighted by Crippen LogP contribution is -2.58. The maximum absolute atomic E-state index is 14.8. The predicted molar refractivity (Wildman–Crippen MR) is 292 cm³/mol. The van der Waals surface area contributed by atoms with Crippen LogP contribution < -0.4 is 52.0 Å². The second-order valence-electron chi connectivity index (χ2n) is 21.8. The van der Waals surface area contributed by atoms with Crippen molar-refractivity contribution >= 4 is 47.3 Å². The number of hydrogen-bond donors (Lipinski definition) is 8. The van der Waals surface area contributed by atoms with Gasteiger partial charge in [0, 0.05) is 86.7 Å². The summed E-state index contributed by atoms with van der Waals surface area (Å²) in [4.78, 5) is 116. The molecule has 9 rings (SSSR count). The van der Waals surface area contributed by atoms with E-state index in [1.165, 1.54) is 34.1 Å². The molecule has 22 nitrogen and oxygen atoms in total. The van der Waals surface area contributed by atoms with E-state index in [0.717, 1.165) is 11.1 Å². The van der Waals surface area contributed by atoms with E-state index in [4.69, 9.17) is 18.9 Å². The molecule has 0 aliphatic carbocycles. The first-order valence-corrected chi connectivity index (χ1v) is 28.2. The van der Waals surface area contributed by atoms with Crippen LogP contribution in [0.2, 0.25) is 0 Å². The number of amides is 8. The summed E-state index contributed by atoms with van der Waals surface area (Å²) >= 11 is 0. The zero-order chi connectivity index (χ0) is 56.5. The molecule has 10 atom stereocenters. The first-order chi connectivity index (χ1) is 38.7. The van der Waals surface area contributed by atoms with Crippen LogP contribution in [0.4, 0.5) is 0 Å². The minimum absolute atomic E-state index is 0.00969. The molecule has 22 heteroatoms. The van der Waals surface area contributed by atoms with E-state index in [-0.39, 0.29) is 72.8 Å². The average Bonchev–Trinajstić information content (AvgIpc) is 4.12. The SMILES string of the molecule is CN[C@@H](C)C(=O)N[C@H](C(=O)N1C[C@@H](NC(=O)c2ccc(C(=O)N[C@H]3C[C@@H](C(=O)N[C@@H]4CCOc5ccccc54)N(C(=O)[C@@H](NC(=O)[C@H](C)NC)C4CCOCC4)C3)cc2)C[C@H]1C(=O)N[C@@H]1CCOc2ccccc21)C1CCOCC1. The van der Waals surface area contributed by atoms with Crippen LogP contribution in [0, 0.1) is 11.8 Å². The normalized spacial score (nSPS) is 24.4.